The maximum atomic E-state index is 6.40. The molecular formula is C52H34N2O. The van der Waals surface area contributed by atoms with Crippen LogP contribution in [0.2, 0.25) is 0 Å². The number of benzene rings is 8. The standard InChI is InChI=1S/C52H34N2O/c1-4-14-35(15-5-1)36-24-26-41(27-25-36)54(51-33-46-45-30-37-16-10-11-17-38(37)31-49(45)55-50(46)34-53-51)42-28-29-48-44(32-42)43-22-12-13-23-47(43)52(48,39-18-6-2-7-19-39)40-20-8-3-9-21-40/h1-34H. The molecule has 0 N–H and O–H groups in total. The van der Waals surface area contributed by atoms with Gasteiger partial charge in [-0.1, -0.05) is 158 Å². The monoisotopic (exact) mass is 702 g/mol. The number of nitrogens with zero attached hydrogens (tertiary/aromatic N) is 2. The Kier molecular flexibility index (Phi) is 7.08. The van der Waals surface area contributed by atoms with E-state index in [4.69, 9.17) is 9.40 Å². The number of hydrogen-bond donors (Lipinski definition) is 0. The lowest BCUT2D eigenvalue weighted by Gasteiger charge is -2.34. The molecule has 8 aromatic carbocycles. The van der Waals surface area contributed by atoms with E-state index < -0.39 is 5.41 Å². The molecule has 1 aliphatic carbocycles. The molecule has 0 amide bonds. The number of pyridine rings is 1. The summed E-state index contributed by atoms with van der Waals surface area (Å²) < 4.78 is 6.40. The number of hydrogen-bond acceptors (Lipinski definition) is 3. The van der Waals surface area contributed by atoms with Crippen molar-refractivity contribution in [1.82, 2.24) is 4.98 Å². The summed E-state index contributed by atoms with van der Waals surface area (Å²) in [6, 6.07) is 72.1. The summed E-state index contributed by atoms with van der Waals surface area (Å²) in [5, 5.41) is 4.45. The van der Waals surface area contributed by atoms with Crippen LogP contribution in [0, 0.1) is 0 Å². The van der Waals surface area contributed by atoms with Crippen molar-refractivity contribution in [2.75, 3.05) is 4.90 Å². The van der Waals surface area contributed by atoms with Gasteiger partial charge in [0.1, 0.15) is 11.4 Å². The van der Waals surface area contributed by atoms with Crippen molar-refractivity contribution in [2.45, 2.75) is 5.41 Å². The van der Waals surface area contributed by atoms with Gasteiger partial charge in [0.15, 0.2) is 5.58 Å². The quantitative estimate of drug-likeness (QED) is 0.173. The Hall–Kier alpha value is -7.23. The van der Waals surface area contributed by atoms with E-state index in [1.165, 1.54) is 49.9 Å². The first-order valence-electron chi connectivity index (χ1n) is 18.8. The molecule has 0 saturated carbocycles. The first kappa shape index (κ1) is 31.3. The lowest BCUT2D eigenvalue weighted by Crippen LogP contribution is -2.28. The number of anilines is 3. The third-order valence-electron chi connectivity index (χ3n) is 11.4. The minimum absolute atomic E-state index is 0.467. The highest BCUT2D eigenvalue weighted by Gasteiger charge is 2.46. The Morgan fingerprint density at radius 3 is 1.71 bits per heavy atom. The van der Waals surface area contributed by atoms with Gasteiger partial charge >= 0.3 is 0 Å². The summed E-state index contributed by atoms with van der Waals surface area (Å²) in [4.78, 5) is 7.38. The van der Waals surface area contributed by atoms with E-state index in [1.807, 2.05) is 6.20 Å². The highest BCUT2D eigenvalue weighted by atomic mass is 16.3. The van der Waals surface area contributed by atoms with Gasteiger partial charge in [-0.05, 0) is 97.7 Å². The number of fused-ring (bicyclic) bond motifs is 7. The fraction of sp³-hybridized carbons (Fsp3) is 0.0192. The predicted octanol–water partition coefficient (Wildman–Crippen LogP) is 13.6. The highest BCUT2D eigenvalue weighted by Crippen LogP contribution is 2.57. The molecule has 2 heterocycles. The van der Waals surface area contributed by atoms with E-state index in [2.05, 4.69) is 205 Å². The third-order valence-corrected chi connectivity index (χ3v) is 11.4. The Labute approximate surface area is 319 Å². The van der Waals surface area contributed by atoms with Gasteiger partial charge in [0, 0.05) is 22.1 Å². The fourth-order valence-corrected chi connectivity index (χ4v) is 8.90. The average molecular weight is 703 g/mol. The summed E-state index contributed by atoms with van der Waals surface area (Å²) in [7, 11) is 0. The zero-order valence-electron chi connectivity index (χ0n) is 29.9. The van der Waals surface area contributed by atoms with E-state index in [0.29, 0.717) is 0 Å². The van der Waals surface area contributed by atoms with Crippen LogP contribution in [0.15, 0.2) is 211 Å². The molecule has 11 rings (SSSR count). The fourth-order valence-electron chi connectivity index (χ4n) is 8.90. The minimum atomic E-state index is -0.467. The second kappa shape index (κ2) is 12.4. The number of furan rings is 1. The Morgan fingerprint density at radius 1 is 0.418 bits per heavy atom. The Morgan fingerprint density at radius 2 is 0.982 bits per heavy atom. The number of aromatic nitrogens is 1. The van der Waals surface area contributed by atoms with Crippen molar-refractivity contribution in [3.63, 3.8) is 0 Å². The molecule has 10 aromatic rings. The molecule has 0 bridgehead atoms. The van der Waals surface area contributed by atoms with E-state index >= 15 is 0 Å². The van der Waals surface area contributed by atoms with E-state index in [-0.39, 0.29) is 0 Å². The first-order valence-corrected chi connectivity index (χ1v) is 18.8. The molecule has 0 saturated heterocycles. The molecule has 0 aliphatic heterocycles. The zero-order chi connectivity index (χ0) is 36.3. The van der Waals surface area contributed by atoms with Crippen LogP contribution in [0.25, 0.3) is 55.0 Å². The second-order valence-electron chi connectivity index (χ2n) is 14.3. The molecule has 3 nitrogen and oxygen atoms in total. The summed E-state index contributed by atoms with van der Waals surface area (Å²) >= 11 is 0. The molecule has 0 radical (unpaired) electrons. The molecule has 0 atom stereocenters. The van der Waals surface area contributed by atoms with Crippen LogP contribution >= 0.6 is 0 Å². The first-order chi connectivity index (χ1) is 27.3. The van der Waals surface area contributed by atoms with Crippen molar-refractivity contribution < 1.29 is 4.42 Å². The van der Waals surface area contributed by atoms with Crippen LogP contribution in [0.5, 0.6) is 0 Å². The maximum absolute atomic E-state index is 6.40. The van der Waals surface area contributed by atoms with Crippen LogP contribution in [0.4, 0.5) is 17.2 Å². The second-order valence-corrected chi connectivity index (χ2v) is 14.3. The molecule has 0 spiro atoms. The maximum Gasteiger partial charge on any atom is 0.153 e. The molecule has 55 heavy (non-hydrogen) atoms. The molecule has 258 valence electrons. The van der Waals surface area contributed by atoms with E-state index in [0.717, 1.165) is 44.5 Å². The van der Waals surface area contributed by atoms with Crippen molar-refractivity contribution in [1.29, 1.82) is 0 Å². The van der Waals surface area contributed by atoms with Gasteiger partial charge < -0.3 is 4.42 Å². The molecule has 0 fully saturated rings. The van der Waals surface area contributed by atoms with Crippen LogP contribution in [0.1, 0.15) is 22.3 Å². The summed E-state index contributed by atoms with van der Waals surface area (Å²) in [5.74, 6) is 0.819. The average Bonchev–Trinajstić information content (AvgIpc) is 3.76. The van der Waals surface area contributed by atoms with E-state index in [1.54, 1.807) is 0 Å². The number of rotatable bonds is 6. The van der Waals surface area contributed by atoms with Crippen LogP contribution < -0.4 is 4.90 Å². The van der Waals surface area contributed by atoms with Gasteiger partial charge in [0.05, 0.1) is 11.6 Å². The zero-order valence-corrected chi connectivity index (χ0v) is 29.9. The smallest absolute Gasteiger partial charge is 0.153 e. The van der Waals surface area contributed by atoms with Crippen molar-refractivity contribution in [2.24, 2.45) is 0 Å². The minimum Gasteiger partial charge on any atom is -0.454 e. The summed E-state index contributed by atoms with van der Waals surface area (Å²) in [5.41, 5.74) is 13.1. The van der Waals surface area contributed by atoms with Gasteiger partial charge in [0.2, 0.25) is 0 Å². The molecule has 1 aliphatic rings. The van der Waals surface area contributed by atoms with Crippen LogP contribution in [-0.2, 0) is 5.41 Å². The van der Waals surface area contributed by atoms with Gasteiger partial charge in [0.25, 0.3) is 0 Å². The van der Waals surface area contributed by atoms with Crippen molar-refractivity contribution in [3.8, 4) is 22.3 Å². The Balaban J connectivity index is 1.14. The normalized spacial score (nSPS) is 12.9. The van der Waals surface area contributed by atoms with Gasteiger partial charge in [-0.25, -0.2) is 4.98 Å². The molecular weight excluding hydrogens is 669 g/mol. The molecule has 0 unspecified atom stereocenters. The Bertz CT molecular complexity index is 2980. The van der Waals surface area contributed by atoms with Gasteiger partial charge in [-0.3, -0.25) is 4.90 Å². The largest absolute Gasteiger partial charge is 0.454 e. The SMILES string of the molecule is c1ccc(-c2ccc(N(c3ccc4c(c3)-c3ccccc3C4(c3ccccc3)c3ccccc3)c3cc4c(cn3)oc3cc5ccccc5cc34)cc2)cc1. The van der Waals surface area contributed by atoms with Crippen LogP contribution in [-0.4, -0.2) is 4.98 Å². The lowest BCUT2D eigenvalue weighted by molar-refractivity contribution is 0.667. The highest BCUT2D eigenvalue weighted by molar-refractivity contribution is 6.10. The van der Waals surface area contributed by atoms with Gasteiger partial charge in [-0.2, -0.15) is 0 Å². The summed E-state index contributed by atoms with van der Waals surface area (Å²) in [6.45, 7) is 0. The van der Waals surface area contributed by atoms with Crippen molar-refractivity contribution >= 4 is 49.9 Å². The summed E-state index contributed by atoms with van der Waals surface area (Å²) in [6.07, 6.45) is 1.87. The topological polar surface area (TPSA) is 29.3 Å². The van der Waals surface area contributed by atoms with Crippen molar-refractivity contribution in [3.05, 3.63) is 229 Å². The molecule has 2 aromatic heterocycles. The van der Waals surface area contributed by atoms with Crippen LogP contribution in [0.3, 0.4) is 0 Å². The van der Waals surface area contributed by atoms with E-state index in [9.17, 15) is 0 Å². The predicted molar refractivity (Wildman–Crippen MR) is 226 cm³/mol. The molecule has 3 heteroatoms. The lowest BCUT2D eigenvalue weighted by atomic mass is 9.68. The van der Waals surface area contributed by atoms with Gasteiger partial charge in [-0.15, -0.1) is 0 Å². The third kappa shape index (κ3) is 4.87.